The lowest BCUT2D eigenvalue weighted by atomic mass is 10.2. The lowest BCUT2D eigenvalue weighted by Gasteiger charge is -2.20. The minimum absolute atomic E-state index is 0.0423. The molecule has 0 radical (unpaired) electrons. The summed E-state index contributed by atoms with van der Waals surface area (Å²) >= 11 is 3.16. The minimum atomic E-state index is -0.0423. The van der Waals surface area contributed by atoms with Crippen molar-refractivity contribution in [3.8, 4) is 5.75 Å². The van der Waals surface area contributed by atoms with Crippen LogP contribution in [0.2, 0.25) is 0 Å². The summed E-state index contributed by atoms with van der Waals surface area (Å²) in [4.78, 5) is 25.1. The number of imidazole rings is 1. The number of aryl methyl sites for hydroxylation is 1. The highest BCUT2D eigenvalue weighted by atomic mass is 32.2. The third-order valence-corrected chi connectivity index (χ3v) is 6.54. The van der Waals surface area contributed by atoms with Crippen LogP contribution in [0, 0.1) is 0 Å². The molecule has 0 bridgehead atoms. The molecule has 0 atom stereocenters. The van der Waals surface area contributed by atoms with Crippen LogP contribution in [-0.2, 0) is 6.54 Å². The Balaban J connectivity index is 1.62. The number of anilines is 1. The van der Waals surface area contributed by atoms with E-state index in [0.29, 0.717) is 17.2 Å². The number of hydrogen-bond acceptors (Lipinski definition) is 6. The second kappa shape index (κ2) is 9.32. The number of amides is 1. The highest BCUT2D eigenvalue weighted by molar-refractivity contribution is 7.98. The normalized spacial score (nSPS) is 11.0. The van der Waals surface area contributed by atoms with Crippen molar-refractivity contribution in [3.05, 3.63) is 66.7 Å². The molecular weight excluding hydrogens is 416 g/mol. The number of thiazole rings is 1. The van der Waals surface area contributed by atoms with E-state index < -0.39 is 0 Å². The summed E-state index contributed by atoms with van der Waals surface area (Å²) < 4.78 is 8.33. The van der Waals surface area contributed by atoms with Gasteiger partial charge in [0.2, 0.25) is 0 Å². The maximum absolute atomic E-state index is 13.4. The van der Waals surface area contributed by atoms with Crippen LogP contribution < -0.4 is 9.64 Å². The summed E-state index contributed by atoms with van der Waals surface area (Å²) in [7, 11) is 1.65. The van der Waals surface area contributed by atoms with Gasteiger partial charge in [-0.1, -0.05) is 11.3 Å². The highest BCUT2D eigenvalue weighted by Gasteiger charge is 2.21. The van der Waals surface area contributed by atoms with E-state index in [1.54, 1.807) is 36.3 Å². The summed E-state index contributed by atoms with van der Waals surface area (Å²) in [5.74, 6) is 0.739. The third kappa shape index (κ3) is 4.49. The van der Waals surface area contributed by atoms with Crippen molar-refractivity contribution >= 4 is 44.4 Å². The number of aromatic nitrogens is 3. The van der Waals surface area contributed by atoms with Crippen LogP contribution >= 0.6 is 23.1 Å². The first-order valence-electron chi connectivity index (χ1n) is 9.54. The summed E-state index contributed by atoms with van der Waals surface area (Å²) in [5.41, 5.74) is 1.52. The molecular formula is C22H22N4O2S2. The molecule has 4 rings (SSSR count). The quantitative estimate of drug-likeness (QED) is 0.364. The highest BCUT2D eigenvalue weighted by Crippen LogP contribution is 2.32. The maximum atomic E-state index is 13.4. The standard InChI is InChI=1S/C22H22N4O2S2/c1-28-17-6-9-19-20(14-17)30-22(24-19)26(12-3-11-25-13-10-23-15-25)21(27)16-4-7-18(29-2)8-5-16/h4-10,13-15H,3,11-12H2,1-2H3. The smallest absolute Gasteiger partial charge is 0.260 e. The van der Waals surface area contributed by atoms with Gasteiger partial charge in [-0.05, 0) is 55.1 Å². The molecule has 6 nitrogen and oxygen atoms in total. The Kier molecular flexibility index (Phi) is 6.35. The van der Waals surface area contributed by atoms with Gasteiger partial charge in [-0.15, -0.1) is 11.8 Å². The molecule has 0 aliphatic rings. The summed E-state index contributed by atoms with van der Waals surface area (Å²) in [6.07, 6.45) is 8.30. The van der Waals surface area contributed by atoms with Crippen LogP contribution in [0.3, 0.4) is 0 Å². The molecule has 154 valence electrons. The second-order valence-corrected chi connectivity index (χ2v) is 8.56. The summed E-state index contributed by atoms with van der Waals surface area (Å²) in [5, 5.41) is 0.697. The monoisotopic (exact) mass is 438 g/mol. The molecule has 0 unspecified atom stereocenters. The topological polar surface area (TPSA) is 60.2 Å². The van der Waals surface area contributed by atoms with E-state index in [4.69, 9.17) is 9.72 Å². The zero-order chi connectivity index (χ0) is 20.9. The maximum Gasteiger partial charge on any atom is 0.260 e. The van der Waals surface area contributed by atoms with Gasteiger partial charge >= 0.3 is 0 Å². The predicted molar refractivity (Wildman–Crippen MR) is 123 cm³/mol. The van der Waals surface area contributed by atoms with E-state index in [2.05, 4.69) is 4.98 Å². The van der Waals surface area contributed by atoms with Crippen molar-refractivity contribution in [1.82, 2.24) is 14.5 Å². The van der Waals surface area contributed by atoms with Crippen molar-refractivity contribution in [2.24, 2.45) is 0 Å². The Labute approximate surface area is 183 Å². The largest absolute Gasteiger partial charge is 0.497 e. The molecule has 0 N–H and O–H groups in total. The Morgan fingerprint density at radius 2 is 2.07 bits per heavy atom. The molecule has 2 aromatic heterocycles. The number of carbonyl (C=O) groups is 1. The average Bonchev–Trinajstić information content (AvgIpc) is 3.45. The first-order valence-corrected chi connectivity index (χ1v) is 11.6. The number of carbonyl (C=O) groups excluding carboxylic acids is 1. The van der Waals surface area contributed by atoms with Crippen molar-refractivity contribution in [3.63, 3.8) is 0 Å². The van der Waals surface area contributed by atoms with Gasteiger partial charge in [0, 0.05) is 35.9 Å². The van der Waals surface area contributed by atoms with Crippen molar-refractivity contribution in [2.45, 2.75) is 17.9 Å². The van der Waals surface area contributed by atoms with Crippen LogP contribution in [0.15, 0.2) is 66.1 Å². The molecule has 2 aromatic carbocycles. The first kappa shape index (κ1) is 20.4. The summed E-state index contributed by atoms with van der Waals surface area (Å²) in [6.45, 7) is 1.35. The lowest BCUT2D eigenvalue weighted by Crippen LogP contribution is -2.32. The molecule has 0 aliphatic carbocycles. The van der Waals surface area contributed by atoms with Gasteiger partial charge < -0.3 is 9.30 Å². The van der Waals surface area contributed by atoms with Crippen molar-refractivity contribution in [2.75, 3.05) is 24.8 Å². The molecule has 0 aliphatic heterocycles. The lowest BCUT2D eigenvalue weighted by molar-refractivity contribution is 0.0986. The fourth-order valence-corrected chi connectivity index (χ4v) is 4.57. The van der Waals surface area contributed by atoms with E-state index in [0.717, 1.165) is 33.8 Å². The average molecular weight is 439 g/mol. The number of benzene rings is 2. The SMILES string of the molecule is COc1ccc2nc(N(CCCn3ccnc3)C(=O)c3ccc(SC)cc3)sc2c1. The van der Waals surface area contributed by atoms with Crippen molar-refractivity contribution < 1.29 is 9.53 Å². The molecule has 0 spiro atoms. The van der Waals surface area contributed by atoms with Gasteiger partial charge in [-0.3, -0.25) is 9.69 Å². The second-order valence-electron chi connectivity index (χ2n) is 6.67. The van der Waals surface area contributed by atoms with Gasteiger partial charge in [0.05, 0.1) is 23.7 Å². The number of fused-ring (bicyclic) bond motifs is 1. The van der Waals surface area contributed by atoms with E-state index in [1.165, 1.54) is 11.3 Å². The Morgan fingerprint density at radius 1 is 1.23 bits per heavy atom. The molecule has 0 saturated carbocycles. The number of rotatable bonds is 8. The van der Waals surface area contributed by atoms with Crippen LogP contribution in [0.4, 0.5) is 5.13 Å². The fourth-order valence-electron chi connectivity index (χ4n) is 3.14. The zero-order valence-electron chi connectivity index (χ0n) is 16.8. The molecule has 30 heavy (non-hydrogen) atoms. The first-order chi connectivity index (χ1) is 14.7. The van der Waals surface area contributed by atoms with Gasteiger partial charge in [-0.2, -0.15) is 0 Å². The molecule has 2 heterocycles. The van der Waals surface area contributed by atoms with E-state index in [9.17, 15) is 4.79 Å². The number of methoxy groups -OCH3 is 1. The molecule has 1 amide bonds. The van der Waals surface area contributed by atoms with Crippen LogP contribution in [0.5, 0.6) is 5.75 Å². The van der Waals surface area contributed by atoms with Gasteiger partial charge in [0.25, 0.3) is 5.91 Å². The molecule has 8 heteroatoms. The number of nitrogens with zero attached hydrogens (tertiary/aromatic N) is 4. The van der Waals surface area contributed by atoms with Gasteiger partial charge in [0.15, 0.2) is 5.13 Å². The molecule has 0 fully saturated rings. The van der Waals surface area contributed by atoms with Crippen LogP contribution in [0.25, 0.3) is 10.2 Å². The van der Waals surface area contributed by atoms with E-state index >= 15 is 0 Å². The van der Waals surface area contributed by atoms with Gasteiger partial charge in [0.1, 0.15) is 5.75 Å². The van der Waals surface area contributed by atoms with E-state index in [1.807, 2.05) is 59.5 Å². The third-order valence-electron chi connectivity index (χ3n) is 4.75. The molecule has 0 saturated heterocycles. The zero-order valence-corrected chi connectivity index (χ0v) is 18.4. The Bertz CT molecular complexity index is 1120. The Morgan fingerprint density at radius 3 is 2.77 bits per heavy atom. The number of hydrogen-bond donors (Lipinski definition) is 0. The van der Waals surface area contributed by atoms with Gasteiger partial charge in [-0.25, -0.2) is 9.97 Å². The predicted octanol–water partition coefficient (Wildman–Crippen LogP) is 4.96. The minimum Gasteiger partial charge on any atom is -0.497 e. The van der Waals surface area contributed by atoms with Crippen molar-refractivity contribution in [1.29, 1.82) is 0 Å². The number of thioether (sulfide) groups is 1. The van der Waals surface area contributed by atoms with Crippen LogP contribution in [0.1, 0.15) is 16.8 Å². The molecule has 4 aromatic rings. The summed E-state index contributed by atoms with van der Waals surface area (Å²) in [6, 6.07) is 13.5. The fraction of sp³-hybridized carbons (Fsp3) is 0.227. The number of ether oxygens (including phenoxy) is 1. The Hall–Kier alpha value is -2.84. The van der Waals surface area contributed by atoms with E-state index in [-0.39, 0.29) is 5.91 Å². The van der Waals surface area contributed by atoms with Crippen LogP contribution in [-0.4, -0.2) is 40.4 Å².